The quantitative estimate of drug-likeness (QED) is 0.648. The fourth-order valence-electron chi connectivity index (χ4n) is 1.38. The Hall–Kier alpha value is -1.73. The molecule has 21 heavy (non-hydrogen) atoms. The summed E-state index contributed by atoms with van der Waals surface area (Å²) in [6.45, 7) is 2.25. The van der Waals surface area contributed by atoms with Crippen LogP contribution >= 0.6 is 24.4 Å². The Bertz CT molecular complexity index is 501. The van der Waals surface area contributed by atoms with Crippen LogP contribution in [0.2, 0.25) is 0 Å². The largest absolute Gasteiger partial charge is 0.487 e. The Morgan fingerprint density at radius 1 is 1.33 bits per heavy atom. The second kappa shape index (κ2) is 10.1. The van der Waals surface area contributed by atoms with E-state index >= 15 is 0 Å². The third-order valence-electron chi connectivity index (χ3n) is 2.37. The van der Waals surface area contributed by atoms with Crippen molar-refractivity contribution in [2.24, 2.45) is 5.73 Å². The highest BCUT2D eigenvalue weighted by Gasteiger charge is 2.09. The molecule has 7 heteroatoms. The van der Waals surface area contributed by atoms with Crippen LogP contribution in [0, 0.1) is 6.92 Å². The molecule has 0 saturated heterocycles. The molecule has 0 spiro atoms. The third kappa shape index (κ3) is 8.93. The summed E-state index contributed by atoms with van der Waals surface area (Å²) in [4.78, 5) is 13.6. The number of benzene rings is 1. The lowest BCUT2D eigenvalue weighted by atomic mass is 10.0. The topological polar surface area (TPSA) is 75.8 Å². The summed E-state index contributed by atoms with van der Waals surface area (Å²) in [5, 5.41) is 7.47. The van der Waals surface area contributed by atoms with Crippen LogP contribution in [0.5, 0.6) is 0 Å². The molecule has 5 nitrogen and oxygen atoms in total. The number of carbonyl (C=O) groups is 1. The van der Waals surface area contributed by atoms with Gasteiger partial charge in [0, 0.05) is 26.1 Å². The summed E-state index contributed by atoms with van der Waals surface area (Å²) in [5.41, 5.74) is 6.15. The lowest BCUT2D eigenvalue weighted by Crippen LogP contribution is -2.23. The standard InChI is InChI=1S/C13H17NO2S.CH3NOS/c1-10-6-4-5-7-11(10)12(15)8-9-16-13(17)14(2)3;2-1(3)4/h4-7H,8-9H2,1-3H3;(H3,2,3,4). The number of ketones is 1. The van der Waals surface area contributed by atoms with E-state index < -0.39 is 5.17 Å². The molecule has 0 saturated carbocycles. The summed E-state index contributed by atoms with van der Waals surface area (Å²) in [6, 6.07) is 7.55. The first-order valence-corrected chi connectivity index (χ1v) is 6.98. The molecule has 3 N–H and O–H groups in total. The van der Waals surface area contributed by atoms with Gasteiger partial charge >= 0.3 is 0 Å². The van der Waals surface area contributed by atoms with E-state index in [2.05, 4.69) is 18.0 Å². The highest BCUT2D eigenvalue weighted by atomic mass is 32.1. The Morgan fingerprint density at radius 3 is 2.33 bits per heavy atom. The highest BCUT2D eigenvalue weighted by Crippen LogP contribution is 2.09. The Labute approximate surface area is 135 Å². The number of aliphatic hydroxyl groups is 1. The van der Waals surface area contributed by atoms with Gasteiger partial charge in [-0.2, -0.15) is 0 Å². The number of aliphatic hydroxyl groups excluding tert-OH is 1. The van der Waals surface area contributed by atoms with Crippen LogP contribution in [-0.2, 0) is 4.74 Å². The van der Waals surface area contributed by atoms with E-state index in [1.807, 2.05) is 45.3 Å². The number of aryl methyl sites for hydroxylation is 1. The maximum atomic E-state index is 11.9. The molecule has 0 aliphatic rings. The monoisotopic (exact) mass is 328 g/mol. The molecular weight excluding hydrogens is 308 g/mol. The predicted octanol–water partition coefficient (Wildman–Crippen LogP) is 2.22. The lowest BCUT2D eigenvalue weighted by Gasteiger charge is -2.14. The number of nitrogens with zero attached hydrogens (tertiary/aromatic N) is 1. The summed E-state index contributed by atoms with van der Waals surface area (Å²) < 4.78 is 5.27. The molecule has 1 rings (SSSR count). The van der Waals surface area contributed by atoms with Gasteiger partial charge in [-0.05, 0) is 36.9 Å². The van der Waals surface area contributed by atoms with Gasteiger partial charge in [-0.1, -0.05) is 24.3 Å². The first-order chi connectivity index (χ1) is 9.75. The average Bonchev–Trinajstić information content (AvgIpc) is 2.38. The van der Waals surface area contributed by atoms with Crippen LogP contribution in [0.25, 0.3) is 0 Å². The summed E-state index contributed by atoms with van der Waals surface area (Å²) in [7, 11) is 3.62. The molecule has 116 valence electrons. The number of ether oxygens (including phenoxy) is 1. The number of hydrogen-bond donors (Lipinski definition) is 2. The van der Waals surface area contributed by atoms with Gasteiger partial charge in [0.2, 0.25) is 0 Å². The van der Waals surface area contributed by atoms with Crippen molar-refractivity contribution in [3.63, 3.8) is 0 Å². The molecule has 0 atom stereocenters. The van der Waals surface area contributed by atoms with Crippen molar-refractivity contribution in [2.45, 2.75) is 13.3 Å². The van der Waals surface area contributed by atoms with E-state index in [0.717, 1.165) is 11.1 Å². The average molecular weight is 328 g/mol. The van der Waals surface area contributed by atoms with E-state index in [0.29, 0.717) is 18.2 Å². The van der Waals surface area contributed by atoms with Crippen LogP contribution in [0.15, 0.2) is 24.3 Å². The van der Waals surface area contributed by atoms with E-state index in [4.69, 9.17) is 22.1 Å². The fourth-order valence-corrected chi connectivity index (χ4v) is 1.46. The van der Waals surface area contributed by atoms with Crippen LogP contribution in [0.3, 0.4) is 0 Å². The molecule has 0 unspecified atom stereocenters. The lowest BCUT2D eigenvalue weighted by molar-refractivity contribution is 0.0956. The van der Waals surface area contributed by atoms with Crippen molar-refractivity contribution in [3.05, 3.63) is 35.4 Å². The van der Waals surface area contributed by atoms with Gasteiger partial charge in [-0.15, -0.1) is 0 Å². The van der Waals surface area contributed by atoms with Gasteiger partial charge in [0.25, 0.3) is 10.3 Å². The maximum absolute atomic E-state index is 11.9. The number of Topliss-reactive ketones (excluding diaryl/α,β-unsaturated/α-hetero) is 1. The van der Waals surface area contributed by atoms with Gasteiger partial charge < -0.3 is 20.5 Å². The highest BCUT2D eigenvalue weighted by molar-refractivity contribution is 7.80. The smallest absolute Gasteiger partial charge is 0.258 e. The van der Waals surface area contributed by atoms with Crippen LogP contribution in [0.1, 0.15) is 22.3 Å². The number of nitrogens with two attached hydrogens (primary N) is 1. The van der Waals surface area contributed by atoms with Crippen LogP contribution in [-0.4, -0.2) is 46.8 Å². The molecule has 0 fully saturated rings. The number of rotatable bonds is 4. The number of thiocarbonyl (C=S) groups is 2. The third-order valence-corrected chi connectivity index (χ3v) is 2.85. The zero-order valence-electron chi connectivity index (χ0n) is 12.3. The second-order valence-corrected chi connectivity index (χ2v) is 5.10. The maximum Gasteiger partial charge on any atom is 0.258 e. The van der Waals surface area contributed by atoms with Gasteiger partial charge in [-0.3, -0.25) is 4.79 Å². The molecule has 0 radical (unpaired) electrons. The summed E-state index contributed by atoms with van der Waals surface area (Å²) in [5.74, 6) is 0.0876. The minimum Gasteiger partial charge on any atom is -0.487 e. The minimum absolute atomic E-state index is 0.0876. The Balaban J connectivity index is 0.000000885. The molecule has 0 bridgehead atoms. The van der Waals surface area contributed by atoms with Crippen molar-refractivity contribution in [1.29, 1.82) is 0 Å². The molecule has 0 aliphatic carbocycles. The van der Waals surface area contributed by atoms with E-state index in [1.165, 1.54) is 0 Å². The first-order valence-electron chi connectivity index (χ1n) is 6.17. The zero-order chi connectivity index (χ0) is 16.4. The zero-order valence-corrected chi connectivity index (χ0v) is 14.0. The molecule has 0 aromatic heterocycles. The molecule has 1 aromatic rings. The molecule has 0 aliphatic heterocycles. The Morgan fingerprint density at radius 2 is 1.86 bits per heavy atom. The normalized spacial score (nSPS) is 9.10. The van der Waals surface area contributed by atoms with Crippen LogP contribution < -0.4 is 5.73 Å². The van der Waals surface area contributed by atoms with Crippen molar-refractivity contribution >= 4 is 40.6 Å². The van der Waals surface area contributed by atoms with E-state index in [9.17, 15) is 4.79 Å². The van der Waals surface area contributed by atoms with Gasteiger partial charge in [0.15, 0.2) is 5.78 Å². The van der Waals surface area contributed by atoms with Crippen molar-refractivity contribution in [2.75, 3.05) is 20.7 Å². The molecule has 0 heterocycles. The number of hydrogen-bond acceptors (Lipinski definition) is 4. The first kappa shape index (κ1) is 19.3. The van der Waals surface area contributed by atoms with Gasteiger partial charge in [0.05, 0.1) is 6.61 Å². The van der Waals surface area contributed by atoms with Gasteiger partial charge in [-0.25, -0.2) is 0 Å². The molecule has 0 amide bonds. The van der Waals surface area contributed by atoms with Crippen molar-refractivity contribution in [3.8, 4) is 0 Å². The fraction of sp³-hybridized carbons (Fsp3) is 0.357. The van der Waals surface area contributed by atoms with Crippen molar-refractivity contribution < 1.29 is 14.6 Å². The predicted molar refractivity (Wildman–Crippen MR) is 91.8 cm³/mol. The molecule has 1 aromatic carbocycles. The summed E-state index contributed by atoms with van der Waals surface area (Å²) in [6.07, 6.45) is 0.346. The SMILES string of the molecule is Cc1ccccc1C(=O)CCOC(=S)N(C)C.NC(O)=S. The van der Waals surface area contributed by atoms with Crippen molar-refractivity contribution in [1.82, 2.24) is 4.90 Å². The minimum atomic E-state index is -0.500. The van der Waals surface area contributed by atoms with E-state index in [-0.39, 0.29) is 5.78 Å². The van der Waals surface area contributed by atoms with Gasteiger partial charge in [0.1, 0.15) is 0 Å². The summed E-state index contributed by atoms with van der Waals surface area (Å²) >= 11 is 8.84. The van der Waals surface area contributed by atoms with Crippen LogP contribution in [0.4, 0.5) is 0 Å². The van der Waals surface area contributed by atoms with E-state index in [1.54, 1.807) is 4.90 Å². The second-order valence-electron chi connectivity index (χ2n) is 4.34. The number of carbonyl (C=O) groups excluding carboxylic acids is 1. The Kier molecular flexibility index (Phi) is 9.23. The molecular formula is C14H20N2O3S2.